The molecule has 0 unspecified atom stereocenters. The van der Waals surface area contributed by atoms with Crippen LogP contribution in [0.15, 0.2) is 6.07 Å². The Bertz CT molecular complexity index is 319. The molecule has 2 nitrogen and oxygen atoms in total. The van der Waals surface area contributed by atoms with Crippen LogP contribution in [0.1, 0.15) is 17.7 Å². The molecule has 0 amide bonds. The minimum atomic E-state index is -2.95. The van der Waals surface area contributed by atoms with Crippen LogP contribution in [0.25, 0.3) is 0 Å². The highest BCUT2D eigenvalue weighted by Gasteiger charge is 2.18. The third-order valence-corrected chi connectivity index (χ3v) is 1.63. The minimum absolute atomic E-state index is 0.356. The third-order valence-electron chi connectivity index (χ3n) is 1.44. The molecule has 0 saturated heterocycles. The van der Waals surface area contributed by atoms with Gasteiger partial charge in [0.2, 0.25) is 0 Å². The van der Waals surface area contributed by atoms with Crippen LogP contribution in [0.5, 0.6) is 0 Å². The summed E-state index contributed by atoms with van der Waals surface area (Å²) >= 11 is 5.26. The number of hydrogen-bond donors (Lipinski definition) is 1. The highest BCUT2D eigenvalue weighted by atomic mass is 35.5. The Morgan fingerprint density at radius 3 is 2.62 bits per heavy atom. The molecule has 0 aliphatic rings. The van der Waals surface area contributed by atoms with E-state index in [1.807, 2.05) is 0 Å². The Balaban J connectivity index is 3.29. The van der Waals surface area contributed by atoms with Crippen LogP contribution in [0.4, 0.5) is 13.2 Å². The zero-order valence-corrected chi connectivity index (χ0v) is 7.02. The maximum atomic E-state index is 12.9. The van der Waals surface area contributed by atoms with Crippen LogP contribution in [0.3, 0.4) is 0 Å². The van der Waals surface area contributed by atoms with Gasteiger partial charge in [-0.15, -0.1) is 0 Å². The molecular weight excluding hydrogens is 207 g/mol. The van der Waals surface area contributed by atoms with Crippen molar-refractivity contribution in [3.63, 3.8) is 0 Å². The predicted octanol–water partition coefficient (Wildman–Crippen LogP) is 2.30. The summed E-state index contributed by atoms with van der Waals surface area (Å²) < 4.78 is 37.2. The molecule has 1 aromatic rings. The number of nitrogens with zero attached hydrogens (tertiary/aromatic N) is 1. The summed E-state index contributed by atoms with van der Waals surface area (Å²) in [5, 5.41) is 8.23. The summed E-state index contributed by atoms with van der Waals surface area (Å²) in [6.07, 6.45) is -2.95. The standard InChI is InChI=1S/C7H5ClF3NO/c8-5-1-4(9)3(2-13)6(12-5)7(10)11/h1,7,13H,2H2. The Kier molecular flexibility index (Phi) is 3.11. The third kappa shape index (κ3) is 2.10. The number of hydrogen-bond acceptors (Lipinski definition) is 2. The zero-order valence-electron chi connectivity index (χ0n) is 6.27. The van der Waals surface area contributed by atoms with Crippen molar-refractivity contribution in [2.75, 3.05) is 0 Å². The van der Waals surface area contributed by atoms with Crippen LogP contribution in [0.2, 0.25) is 5.15 Å². The first kappa shape index (κ1) is 10.3. The van der Waals surface area contributed by atoms with E-state index in [4.69, 9.17) is 16.7 Å². The summed E-state index contributed by atoms with van der Waals surface area (Å²) in [4.78, 5) is 3.22. The molecule has 13 heavy (non-hydrogen) atoms. The SMILES string of the molecule is OCc1c(F)cc(Cl)nc1C(F)F. The van der Waals surface area contributed by atoms with Crippen molar-refractivity contribution < 1.29 is 18.3 Å². The van der Waals surface area contributed by atoms with E-state index in [-0.39, 0.29) is 5.15 Å². The Morgan fingerprint density at radius 2 is 2.15 bits per heavy atom. The van der Waals surface area contributed by atoms with Gasteiger partial charge < -0.3 is 5.11 Å². The Labute approximate surface area is 77.0 Å². The largest absolute Gasteiger partial charge is 0.391 e. The molecule has 1 aromatic heterocycles. The number of pyridine rings is 1. The molecule has 72 valence electrons. The number of alkyl halides is 2. The molecule has 0 spiro atoms. The van der Waals surface area contributed by atoms with Crippen LogP contribution in [0, 0.1) is 5.82 Å². The number of halogens is 4. The van der Waals surface area contributed by atoms with Gasteiger partial charge in [0.25, 0.3) is 6.43 Å². The lowest BCUT2D eigenvalue weighted by Crippen LogP contribution is -2.02. The molecule has 0 radical (unpaired) electrons. The van der Waals surface area contributed by atoms with E-state index < -0.39 is 30.1 Å². The van der Waals surface area contributed by atoms with E-state index in [0.717, 1.165) is 6.07 Å². The maximum absolute atomic E-state index is 12.9. The molecule has 6 heteroatoms. The van der Waals surface area contributed by atoms with Crippen molar-refractivity contribution in [3.8, 4) is 0 Å². The fourth-order valence-corrected chi connectivity index (χ4v) is 1.05. The normalized spacial score (nSPS) is 10.9. The molecule has 1 heterocycles. The van der Waals surface area contributed by atoms with Gasteiger partial charge in [-0.2, -0.15) is 0 Å². The maximum Gasteiger partial charge on any atom is 0.280 e. The molecule has 0 aliphatic heterocycles. The highest BCUT2D eigenvalue weighted by Crippen LogP contribution is 2.25. The van der Waals surface area contributed by atoms with Gasteiger partial charge in [0.05, 0.1) is 6.61 Å². The lowest BCUT2D eigenvalue weighted by atomic mass is 10.2. The topological polar surface area (TPSA) is 33.1 Å². The summed E-state index contributed by atoms with van der Waals surface area (Å²) in [6, 6.07) is 0.777. The predicted molar refractivity (Wildman–Crippen MR) is 40.1 cm³/mol. The second kappa shape index (κ2) is 3.93. The van der Waals surface area contributed by atoms with Crippen LogP contribution in [-0.4, -0.2) is 10.1 Å². The number of rotatable bonds is 2. The van der Waals surface area contributed by atoms with Crippen LogP contribution in [-0.2, 0) is 6.61 Å². The second-order valence-corrected chi connectivity index (χ2v) is 2.64. The van der Waals surface area contributed by atoms with Gasteiger partial charge in [-0.1, -0.05) is 11.6 Å². The van der Waals surface area contributed by atoms with E-state index in [1.165, 1.54) is 0 Å². The summed E-state index contributed by atoms with van der Waals surface area (Å²) in [5.41, 5.74) is -1.33. The van der Waals surface area contributed by atoms with Crippen molar-refractivity contribution in [2.24, 2.45) is 0 Å². The van der Waals surface area contributed by atoms with Gasteiger partial charge in [-0.3, -0.25) is 0 Å². The first-order valence-electron chi connectivity index (χ1n) is 3.30. The van der Waals surface area contributed by atoms with Crippen molar-refractivity contribution >= 4 is 11.6 Å². The monoisotopic (exact) mass is 211 g/mol. The molecule has 1 N–H and O–H groups in total. The fraction of sp³-hybridized carbons (Fsp3) is 0.286. The number of aromatic nitrogens is 1. The lowest BCUT2D eigenvalue weighted by molar-refractivity contribution is 0.140. The average Bonchev–Trinajstić information content (AvgIpc) is 2.02. The molecule has 1 rings (SSSR count). The van der Waals surface area contributed by atoms with Crippen molar-refractivity contribution in [3.05, 3.63) is 28.3 Å². The lowest BCUT2D eigenvalue weighted by Gasteiger charge is -2.06. The smallest absolute Gasteiger partial charge is 0.280 e. The fourth-order valence-electron chi connectivity index (χ4n) is 0.866. The quantitative estimate of drug-likeness (QED) is 0.762. The molecule has 0 aliphatic carbocycles. The second-order valence-electron chi connectivity index (χ2n) is 2.25. The zero-order chi connectivity index (χ0) is 10.0. The van der Waals surface area contributed by atoms with E-state index in [0.29, 0.717) is 0 Å². The highest BCUT2D eigenvalue weighted by molar-refractivity contribution is 6.29. The van der Waals surface area contributed by atoms with Gasteiger partial charge in [-0.25, -0.2) is 18.2 Å². The van der Waals surface area contributed by atoms with Crippen molar-refractivity contribution in [1.29, 1.82) is 0 Å². The van der Waals surface area contributed by atoms with E-state index in [1.54, 1.807) is 0 Å². The van der Waals surface area contributed by atoms with Crippen molar-refractivity contribution in [2.45, 2.75) is 13.0 Å². The van der Waals surface area contributed by atoms with Gasteiger partial charge in [-0.05, 0) is 0 Å². The Morgan fingerprint density at radius 1 is 1.54 bits per heavy atom. The van der Waals surface area contributed by atoms with Crippen LogP contribution >= 0.6 is 11.6 Å². The van der Waals surface area contributed by atoms with Gasteiger partial charge in [0.1, 0.15) is 16.7 Å². The van der Waals surface area contributed by atoms with Crippen LogP contribution < -0.4 is 0 Å². The molecule has 0 fully saturated rings. The molecule has 0 aromatic carbocycles. The summed E-state index contributed by atoms with van der Waals surface area (Å²) in [5.74, 6) is -0.974. The summed E-state index contributed by atoms with van der Waals surface area (Å²) in [6.45, 7) is -0.824. The number of aliphatic hydroxyl groups is 1. The van der Waals surface area contributed by atoms with E-state index in [2.05, 4.69) is 4.98 Å². The first-order chi connectivity index (χ1) is 6.06. The number of aliphatic hydroxyl groups excluding tert-OH is 1. The molecule has 0 saturated carbocycles. The van der Waals surface area contributed by atoms with E-state index >= 15 is 0 Å². The minimum Gasteiger partial charge on any atom is -0.391 e. The first-order valence-corrected chi connectivity index (χ1v) is 3.68. The van der Waals surface area contributed by atoms with Gasteiger partial charge >= 0.3 is 0 Å². The molecular formula is C7H5ClF3NO. The molecule has 0 atom stereocenters. The van der Waals surface area contributed by atoms with E-state index in [9.17, 15) is 13.2 Å². The average molecular weight is 212 g/mol. The Hall–Kier alpha value is -0.810. The summed E-state index contributed by atoms with van der Waals surface area (Å²) in [7, 11) is 0. The molecule has 0 bridgehead atoms. The van der Waals surface area contributed by atoms with Gasteiger partial charge in [0, 0.05) is 11.6 Å². The van der Waals surface area contributed by atoms with Gasteiger partial charge in [0.15, 0.2) is 0 Å². The van der Waals surface area contributed by atoms with Crippen molar-refractivity contribution in [1.82, 2.24) is 4.98 Å².